The van der Waals surface area contributed by atoms with E-state index in [1.807, 2.05) is 18.2 Å². The van der Waals surface area contributed by atoms with E-state index in [0.29, 0.717) is 0 Å². The van der Waals surface area contributed by atoms with Crippen LogP contribution in [0.5, 0.6) is 11.5 Å². The lowest BCUT2D eigenvalue weighted by Gasteiger charge is -2.32. The Morgan fingerprint density at radius 1 is 0.818 bits per heavy atom. The molecule has 1 aliphatic heterocycles. The highest BCUT2D eigenvalue weighted by Crippen LogP contribution is 2.52. The maximum atomic E-state index is 5.94. The number of aryl methyl sites for hydroxylation is 3. The van der Waals surface area contributed by atoms with E-state index in [9.17, 15) is 0 Å². The molecule has 0 radical (unpaired) electrons. The summed E-state index contributed by atoms with van der Waals surface area (Å²) in [6.45, 7) is 6.42. The molecule has 1 aromatic heterocycles. The molecule has 0 spiro atoms. The summed E-state index contributed by atoms with van der Waals surface area (Å²) in [7, 11) is 0. The molecule has 0 bridgehead atoms. The van der Waals surface area contributed by atoms with E-state index in [-0.39, 0.29) is 0 Å². The summed E-state index contributed by atoms with van der Waals surface area (Å²) in [5.41, 5.74) is 6.90. The number of fused-ring (bicyclic) bond motifs is 2. The smallest absolute Gasteiger partial charge is 0.189 e. The van der Waals surface area contributed by atoms with Crippen LogP contribution in [0.4, 0.5) is 17.1 Å². The van der Waals surface area contributed by atoms with Gasteiger partial charge in [-0.2, -0.15) is 0 Å². The van der Waals surface area contributed by atoms with Crippen molar-refractivity contribution in [3.63, 3.8) is 0 Å². The van der Waals surface area contributed by atoms with Crippen LogP contribution in [0.25, 0.3) is 0 Å². The highest BCUT2D eigenvalue weighted by molar-refractivity contribution is 5.87. The molecule has 4 rings (SSSR count). The van der Waals surface area contributed by atoms with Gasteiger partial charge in [-0.05, 0) is 44.0 Å². The molecule has 2 aromatic carbocycles. The first-order valence-electron chi connectivity index (χ1n) is 7.36. The van der Waals surface area contributed by atoms with Gasteiger partial charge in [0.15, 0.2) is 11.5 Å². The van der Waals surface area contributed by atoms with Crippen LogP contribution < -0.4 is 9.64 Å². The van der Waals surface area contributed by atoms with Gasteiger partial charge in [0.1, 0.15) is 18.2 Å². The molecule has 0 aliphatic carbocycles. The van der Waals surface area contributed by atoms with Gasteiger partial charge in [-0.15, -0.1) is 0 Å². The van der Waals surface area contributed by atoms with Gasteiger partial charge in [0, 0.05) is 0 Å². The molecule has 22 heavy (non-hydrogen) atoms. The largest absolute Gasteiger partial charge is 0.466 e. The third kappa shape index (κ3) is 1.82. The van der Waals surface area contributed by atoms with E-state index in [1.165, 1.54) is 22.4 Å². The molecule has 2 heterocycles. The molecule has 0 amide bonds. The van der Waals surface area contributed by atoms with E-state index in [2.05, 4.69) is 43.9 Å². The number of rotatable bonds is 1. The Labute approximate surface area is 129 Å². The number of nitrogens with zero attached hydrogens (tertiary/aromatic N) is 1. The van der Waals surface area contributed by atoms with Crippen LogP contribution in [0.15, 0.2) is 53.3 Å². The van der Waals surface area contributed by atoms with Gasteiger partial charge in [0.25, 0.3) is 0 Å². The molecule has 0 N–H and O–H groups in total. The van der Waals surface area contributed by atoms with Crippen molar-refractivity contribution in [1.29, 1.82) is 0 Å². The molecule has 0 saturated carbocycles. The van der Waals surface area contributed by atoms with E-state index in [1.54, 1.807) is 12.5 Å². The number of furan rings is 1. The molecule has 0 fully saturated rings. The molecular formula is C19H17NO2. The van der Waals surface area contributed by atoms with Crippen molar-refractivity contribution in [2.24, 2.45) is 0 Å². The van der Waals surface area contributed by atoms with Gasteiger partial charge >= 0.3 is 0 Å². The van der Waals surface area contributed by atoms with Gasteiger partial charge in [-0.3, -0.25) is 0 Å². The Balaban J connectivity index is 2.01. The molecule has 0 unspecified atom stereocenters. The minimum absolute atomic E-state index is 0.748. The molecular weight excluding hydrogens is 274 g/mol. The molecule has 110 valence electrons. The van der Waals surface area contributed by atoms with Crippen LogP contribution in [0.2, 0.25) is 0 Å². The third-order valence-corrected chi connectivity index (χ3v) is 4.03. The zero-order valence-corrected chi connectivity index (χ0v) is 12.9. The van der Waals surface area contributed by atoms with Gasteiger partial charge < -0.3 is 14.1 Å². The van der Waals surface area contributed by atoms with Crippen molar-refractivity contribution < 1.29 is 9.15 Å². The maximum Gasteiger partial charge on any atom is 0.189 e. The summed E-state index contributed by atoms with van der Waals surface area (Å²) in [6.07, 6.45) is 3.39. The number of hydrogen-bond acceptors (Lipinski definition) is 3. The van der Waals surface area contributed by atoms with Gasteiger partial charge in [-0.25, -0.2) is 0 Å². The lowest BCUT2D eigenvalue weighted by molar-refractivity contribution is 0.463. The first-order chi connectivity index (χ1) is 10.6. The number of para-hydroxylation sites is 2. The van der Waals surface area contributed by atoms with Crippen LogP contribution in [-0.2, 0) is 0 Å². The van der Waals surface area contributed by atoms with Crippen molar-refractivity contribution in [2.45, 2.75) is 20.8 Å². The van der Waals surface area contributed by atoms with E-state index >= 15 is 0 Å². The fourth-order valence-electron chi connectivity index (χ4n) is 3.26. The van der Waals surface area contributed by atoms with E-state index < -0.39 is 0 Å². The summed E-state index contributed by atoms with van der Waals surface area (Å²) in [5, 5.41) is 0. The first kappa shape index (κ1) is 13.0. The third-order valence-electron chi connectivity index (χ3n) is 4.03. The Morgan fingerprint density at radius 3 is 2.32 bits per heavy atom. The SMILES string of the molecule is Cc1cc(C)c(N2c3ccccc3Oc3cocc32)c(C)c1. The normalized spacial score (nSPS) is 12.6. The van der Waals surface area contributed by atoms with Crippen molar-refractivity contribution in [3.8, 4) is 11.5 Å². The Bertz CT molecular complexity index is 840. The minimum Gasteiger partial charge on any atom is -0.466 e. The lowest BCUT2D eigenvalue weighted by Crippen LogP contribution is -2.16. The fraction of sp³-hybridized carbons (Fsp3) is 0.158. The molecule has 0 saturated heterocycles. The second-order valence-electron chi connectivity index (χ2n) is 5.77. The van der Waals surface area contributed by atoms with Crippen LogP contribution in [0, 0.1) is 20.8 Å². The number of benzene rings is 2. The van der Waals surface area contributed by atoms with Crippen LogP contribution in [0.1, 0.15) is 16.7 Å². The Kier molecular flexibility index (Phi) is 2.76. The number of hydrogen-bond donors (Lipinski definition) is 0. The molecule has 1 aliphatic rings. The zero-order chi connectivity index (χ0) is 15.3. The summed E-state index contributed by atoms with van der Waals surface area (Å²) < 4.78 is 11.3. The molecule has 0 atom stereocenters. The monoisotopic (exact) mass is 291 g/mol. The minimum atomic E-state index is 0.748. The first-order valence-corrected chi connectivity index (χ1v) is 7.36. The quantitative estimate of drug-likeness (QED) is 0.444. The molecule has 3 heteroatoms. The fourth-order valence-corrected chi connectivity index (χ4v) is 3.26. The Hall–Kier alpha value is -2.68. The topological polar surface area (TPSA) is 25.6 Å². The summed E-state index contributed by atoms with van der Waals surface area (Å²) >= 11 is 0. The van der Waals surface area contributed by atoms with E-state index in [4.69, 9.17) is 9.15 Å². The maximum absolute atomic E-state index is 5.94. The van der Waals surface area contributed by atoms with Crippen LogP contribution in [0.3, 0.4) is 0 Å². The highest BCUT2D eigenvalue weighted by Gasteiger charge is 2.29. The number of anilines is 3. The second-order valence-corrected chi connectivity index (χ2v) is 5.77. The van der Waals surface area contributed by atoms with Crippen molar-refractivity contribution in [2.75, 3.05) is 4.90 Å². The standard InChI is InChI=1S/C19H17NO2/c1-12-8-13(2)19(14(3)9-12)20-15-6-4-5-7-17(15)22-18-11-21-10-16(18)20/h4-11H,1-3H3. The van der Waals surface area contributed by atoms with Crippen molar-refractivity contribution in [1.82, 2.24) is 0 Å². The summed E-state index contributed by atoms with van der Waals surface area (Å²) in [5.74, 6) is 1.59. The predicted molar refractivity (Wildman–Crippen MR) is 87.7 cm³/mol. The highest BCUT2D eigenvalue weighted by atomic mass is 16.5. The second kappa shape index (κ2) is 4.67. The molecule has 3 aromatic rings. The van der Waals surface area contributed by atoms with E-state index in [0.717, 1.165) is 22.9 Å². The average Bonchev–Trinajstić information content (AvgIpc) is 2.93. The van der Waals surface area contributed by atoms with Crippen molar-refractivity contribution in [3.05, 3.63) is 65.6 Å². The van der Waals surface area contributed by atoms with Crippen LogP contribution in [-0.4, -0.2) is 0 Å². The zero-order valence-electron chi connectivity index (χ0n) is 12.9. The summed E-state index contributed by atoms with van der Waals surface area (Å²) in [4.78, 5) is 2.22. The summed E-state index contributed by atoms with van der Waals surface area (Å²) in [6, 6.07) is 12.5. The average molecular weight is 291 g/mol. The van der Waals surface area contributed by atoms with Gasteiger partial charge in [-0.1, -0.05) is 29.8 Å². The predicted octanol–water partition coefficient (Wildman–Crippen LogP) is 5.78. The number of ether oxygens (including phenoxy) is 1. The molecule has 3 nitrogen and oxygen atoms in total. The van der Waals surface area contributed by atoms with Gasteiger partial charge in [0.05, 0.1) is 11.4 Å². The Morgan fingerprint density at radius 2 is 1.55 bits per heavy atom. The lowest BCUT2D eigenvalue weighted by atomic mass is 10.0. The van der Waals surface area contributed by atoms with Crippen LogP contribution >= 0.6 is 0 Å². The van der Waals surface area contributed by atoms with Crippen molar-refractivity contribution >= 4 is 17.1 Å². The van der Waals surface area contributed by atoms with Gasteiger partial charge in [0.2, 0.25) is 0 Å².